The van der Waals surface area contributed by atoms with Crippen LogP contribution in [0.5, 0.6) is 5.75 Å². The topological polar surface area (TPSA) is 84.9 Å². The number of hydrogen-bond acceptors (Lipinski definition) is 6. The predicted octanol–water partition coefficient (Wildman–Crippen LogP) is 7.57. The van der Waals surface area contributed by atoms with Gasteiger partial charge in [0.1, 0.15) is 16.6 Å². The fourth-order valence-electron chi connectivity index (χ4n) is 6.85. The van der Waals surface area contributed by atoms with Crippen molar-refractivity contribution in [3.8, 4) is 16.9 Å². The molecule has 242 valence electrons. The quantitative estimate of drug-likeness (QED) is 0.207. The van der Waals surface area contributed by atoms with Gasteiger partial charge in [0, 0.05) is 12.6 Å². The number of carbonyl (C=O) groups is 1. The lowest BCUT2D eigenvalue weighted by atomic mass is 9.94. The molecule has 5 rings (SSSR count). The molecule has 0 aromatic heterocycles. The number of amides is 1. The van der Waals surface area contributed by atoms with Gasteiger partial charge in [0.15, 0.2) is 9.84 Å². The van der Waals surface area contributed by atoms with E-state index in [1.807, 2.05) is 57.2 Å². The van der Waals surface area contributed by atoms with Gasteiger partial charge in [0.25, 0.3) is 0 Å². The highest BCUT2D eigenvalue weighted by molar-refractivity contribution is 7.92. The minimum atomic E-state index is -3.75. The second kappa shape index (κ2) is 14.0. The number of methoxy groups -OCH3 is 1. The highest BCUT2D eigenvalue weighted by atomic mass is 32.2. The van der Waals surface area contributed by atoms with Crippen LogP contribution in [0.4, 0.5) is 4.79 Å². The number of sulfone groups is 1. The molecule has 0 radical (unpaired) electrons. The Kier molecular flexibility index (Phi) is 10.2. The molecule has 2 aliphatic rings. The fraction of sp³-hybridized carbons (Fsp3) is 0.486. The van der Waals surface area contributed by atoms with Gasteiger partial charge in [0.2, 0.25) is 0 Å². The zero-order chi connectivity index (χ0) is 32.2. The van der Waals surface area contributed by atoms with E-state index >= 15 is 0 Å². The van der Waals surface area contributed by atoms with E-state index < -0.39 is 38.9 Å². The van der Waals surface area contributed by atoms with Gasteiger partial charge >= 0.3 is 6.09 Å². The molecule has 2 saturated heterocycles. The second-order valence-electron chi connectivity index (χ2n) is 13.4. The van der Waals surface area contributed by atoms with E-state index in [4.69, 9.17) is 9.47 Å². The molecule has 45 heavy (non-hydrogen) atoms. The van der Waals surface area contributed by atoms with Crippen LogP contribution in [-0.4, -0.2) is 55.5 Å². The molecular formula is C37H48N2O5S. The van der Waals surface area contributed by atoms with Crippen molar-refractivity contribution in [3.05, 3.63) is 83.9 Å². The third kappa shape index (κ3) is 7.55. The summed E-state index contributed by atoms with van der Waals surface area (Å²) in [6.07, 6.45) is 6.56. The summed E-state index contributed by atoms with van der Waals surface area (Å²) in [6.45, 7) is 8.20. The average molecular weight is 633 g/mol. The molecule has 2 aliphatic heterocycles. The summed E-state index contributed by atoms with van der Waals surface area (Å²) >= 11 is 0. The van der Waals surface area contributed by atoms with E-state index in [9.17, 15) is 13.2 Å². The number of nitrogens with one attached hydrogen (secondary N) is 1. The zero-order valence-electron chi connectivity index (χ0n) is 27.3. The first-order valence-electron chi connectivity index (χ1n) is 16.3. The van der Waals surface area contributed by atoms with Crippen LogP contribution in [0, 0.1) is 0 Å². The van der Waals surface area contributed by atoms with Crippen LogP contribution in [0.3, 0.4) is 0 Å². The summed E-state index contributed by atoms with van der Waals surface area (Å²) in [4.78, 5) is 15.5. The number of unbranched alkanes of at least 4 members (excludes halogenated alkanes) is 3. The van der Waals surface area contributed by atoms with Crippen molar-refractivity contribution < 1.29 is 22.7 Å². The summed E-state index contributed by atoms with van der Waals surface area (Å²) in [5, 5.41) is 2.81. The molecule has 7 nitrogen and oxygen atoms in total. The van der Waals surface area contributed by atoms with Crippen molar-refractivity contribution in [2.45, 2.75) is 113 Å². The summed E-state index contributed by atoms with van der Waals surface area (Å²) in [6, 6.07) is 22.5. The highest BCUT2D eigenvalue weighted by Crippen LogP contribution is 2.44. The summed E-state index contributed by atoms with van der Waals surface area (Å²) in [5.41, 5.74) is 3.65. The monoisotopic (exact) mass is 632 g/mol. The Morgan fingerprint density at radius 3 is 2.24 bits per heavy atom. The van der Waals surface area contributed by atoms with Gasteiger partial charge < -0.3 is 14.8 Å². The Morgan fingerprint density at radius 2 is 1.58 bits per heavy atom. The molecule has 0 saturated carbocycles. The Hall–Kier alpha value is -3.36. The second-order valence-corrected chi connectivity index (χ2v) is 15.5. The molecule has 4 atom stereocenters. The number of aryl methyl sites for hydroxylation is 1. The smallest absolute Gasteiger partial charge is 0.410 e. The minimum absolute atomic E-state index is 0.265. The molecular weight excluding hydrogens is 584 g/mol. The Morgan fingerprint density at radius 1 is 0.889 bits per heavy atom. The van der Waals surface area contributed by atoms with Crippen molar-refractivity contribution in [3.63, 3.8) is 0 Å². The number of benzene rings is 3. The summed E-state index contributed by atoms with van der Waals surface area (Å²) in [5.74, 6) is 0.804. The van der Waals surface area contributed by atoms with E-state index in [0.717, 1.165) is 47.3 Å². The van der Waals surface area contributed by atoms with Crippen molar-refractivity contribution in [1.82, 2.24) is 10.2 Å². The van der Waals surface area contributed by atoms with E-state index in [1.165, 1.54) is 19.3 Å². The van der Waals surface area contributed by atoms with E-state index in [1.54, 1.807) is 24.1 Å². The molecule has 3 aromatic rings. The number of nitrogens with zero attached hydrogens (tertiary/aromatic N) is 1. The molecule has 0 spiro atoms. The van der Waals surface area contributed by atoms with Crippen molar-refractivity contribution in [2.24, 2.45) is 0 Å². The highest BCUT2D eigenvalue weighted by Gasteiger charge is 2.60. The number of rotatable bonds is 12. The first kappa shape index (κ1) is 33.0. The van der Waals surface area contributed by atoms with Crippen LogP contribution < -0.4 is 10.1 Å². The lowest BCUT2D eigenvalue weighted by Gasteiger charge is -2.29. The standard InChI is InChI=1S/C37H48N2O5S/c1-6-7-8-9-11-26-16-20-31(21-17-26)45(41,42)35-33-23-22-32(39(33)36(40)44-37(2,3)4)34(35)38-25-27-14-18-28(19-15-27)29-12-10-13-30(24-29)43-5/h10,12-21,24,32-35,38H,6-9,11,22-23,25H2,1-5H3/t32-,33+,34-,35-/m1/s1. The van der Waals surface area contributed by atoms with Crippen LogP contribution in [0.2, 0.25) is 0 Å². The average Bonchev–Trinajstić information content (AvgIpc) is 3.59. The first-order chi connectivity index (χ1) is 21.5. The van der Waals surface area contributed by atoms with Crippen LogP contribution in [-0.2, 0) is 27.5 Å². The normalized spacial score (nSPS) is 21.2. The maximum atomic E-state index is 14.3. The minimum Gasteiger partial charge on any atom is -0.497 e. The van der Waals surface area contributed by atoms with Gasteiger partial charge in [0.05, 0.1) is 24.1 Å². The third-order valence-electron chi connectivity index (χ3n) is 9.05. The van der Waals surface area contributed by atoms with E-state index in [0.29, 0.717) is 17.9 Å². The first-order valence-corrected chi connectivity index (χ1v) is 17.9. The van der Waals surface area contributed by atoms with Crippen molar-refractivity contribution in [1.29, 1.82) is 0 Å². The SMILES string of the molecule is CCCCCCc1ccc(S(=O)(=O)[C@H]2[C@H](NCc3ccc(-c4cccc(OC)c4)cc3)[C@H]3CC[C@@H]2N3C(=O)OC(C)(C)C)cc1. The van der Waals surface area contributed by atoms with Crippen molar-refractivity contribution in [2.75, 3.05) is 7.11 Å². The number of fused-ring (bicyclic) bond motifs is 2. The lowest BCUT2D eigenvalue weighted by molar-refractivity contribution is 0.0210. The summed E-state index contributed by atoms with van der Waals surface area (Å²) < 4.78 is 39.8. The van der Waals surface area contributed by atoms with Gasteiger partial charge in [-0.15, -0.1) is 0 Å². The van der Waals surface area contributed by atoms with Gasteiger partial charge in [-0.2, -0.15) is 0 Å². The molecule has 0 unspecified atom stereocenters. The molecule has 2 bridgehead atoms. The Balaban J connectivity index is 1.37. The van der Waals surface area contributed by atoms with E-state index in [2.05, 4.69) is 36.5 Å². The molecule has 1 N–H and O–H groups in total. The molecule has 2 fully saturated rings. The van der Waals surface area contributed by atoms with Gasteiger partial charge in [-0.25, -0.2) is 13.2 Å². The maximum absolute atomic E-state index is 14.3. The number of hydrogen-bond donors (Lipinski definition) is 1. The van der Waals surface area contributed by atoms with Gasteiger partial charge in [-0.05, 0) is 93.0 Å². The van der Waals surface area contributed by atoms with E-state index in [-0.39, 0.29) is 6.04 Å². The maximum Gasteiger partial charge on any atom is 0.410 e. The largest absolute Gasteiger partial charge is 0.497 e. The molecule has 0 aliphatic carbocycles. The third-order valence-corrected chi connectivity index (χ3v) is 11.3. The van der Waals surface area contributed by atoms with Crippen LogP contribution in [0.1, 0.15) is 77.3 Å². The van der Waals surface area contributed by atoms with Crippen LogP contribution in [0.15, 0.2) is 77.7 Å². The lowest BCUT2D eigenvalue weighted by Crippen LogP contribution is -2.50. The number of carbonyl (C=O) groups excluding carboxylic acids is 1. The zero-order valence-corrected chi connectivity index (χ0v) is 28.1. The predicted molar refractivity (Wildman–Crippen MR) is 179 cm³/mol. The van der Waals surface area contributed by atoms with Crippen LogP contribution >= 0.6 is 0 Å². The number of ether oxygens (including phenoxy) is 2. The molecule has 3 aromatic carbocycles. The fourth-order valence-corrected chi connectivity index (χ4v) is 9.02. The van der Waals surface area contributed by atoms with Gasteiger partial charge in [-0.1, -0.05) is 74.7 Å². The Labute approximate surface area is 269 Å². The molecule has 2 heterocycles. The Bertz CT molecular complexity index is 1550. The molecule has 8 heteroatoms. The summed E-state index contributed by atoms with van der Waals surface area (Å²) in [7, 11) is -2.09. The van der Waals surface area contributed by atoms with Gasteiger partial charge in [-0.3, -0.25) is 4.90 Å². The van der Waals surface area contributed by atoms with Crippen molar-refractivity contribution >= 4 is 15.9 Å². The molecule has 1 amide bonds. The van der Waals surface area contributed by atoms with Crippen LogP contribution in [0.25, 0.3) is 11.1 Å².